The van der Waals surface area contributed by atoms with Gasteiger partial charge in [-0.05, 0) is 79.5 Å². The van der Waals surface area contributed by atoms with Crippen molar-refractivity contribution >= 4 is 5.97 Å². The normalized spacial score (nSPS) is 18.6. The van der Waals surface area contributed by atoms with E-state index in [4.69, 9.17) is 9.47 Å². The second kappa shape index (κ2) is 11.3. The fourth-order valence-corrected chi connectivity index (χ4v) is 4.47. The third-order valence-corrected chi connectivity index (χ3v) is 6.32. The van der Waals surface area contributed by atoms with E-state index in [1.807, 2.05) is 0 Å². The third-order valence-electron chi connectivity index (χ3n) is 6.32. The summed E-state index contributed by atoms with van der Waals surface area (Å²) in [6.07, 6.45) is 10.4. The SMILES string of the molecule is CCCCCCC1CCC(c2cc(F)c(C(=O)Oc3ccc(OC)cc3)c(F)c2)CC1. The average molecular weight is 431 g/mol. The molecule has 0 amide bonds. The lowest BCUT2D eigenvalue weighted by atomic mass is 9.77. The molecule has 0 spiro atoms. The maximum atomic E-state index is 14.7. The molecule has 1 aliphatic carbocycles. The summed E-state index contributed by atoms with van der Waals surface area (Å²) in [7, 11) is 1.52. The summed E-state index contributed by atoms with van der Waals surface area (Å²) in [4.78, 5) is 12.4. The number of rotatable bonds is 9. The molecule has 0 aromatic heterocycles. The molecule has 5 heteroatoms. The Balaban J connectivity index is 1.60. The number of hydrogen-bond donors (Lipinski definition) is 0. The van der Waals surface area contributed by atoms with Gasteiger partial charge in [-0.3, -0.25) is 0 Å². The minimum Gasteiger partial charge on any atom is -0.497 e. The molecule has 3 rings (SSSR count). The van der Waals surface area contributed by atoms with Gasteiger partial charge in [0.1, 0.15) is 28.7 Å². The largest absolute Gasteiger partial charge is 0.497 e. The number of carbonyl (C=O) groups excluding carboxylic acids is 1. The van der Waals surface area contributed by atoms with Crippen molar-refractivity contribution in [3.8, 4) is 11.5 Å². The Morgan fingerprint density at radius 2 is 1.55 bits per heavy atom. The van der Waals surface area contributed by atoms with E-state index in [0.717, 1.165) is 31.6 Å². The van der Waals surface area contributed by atoms with Crippen molar-refractivity contribution in [3.63, 3.8) is 0 Å². The van der Waals surface area contributed by atoms with Crippen LogP contribution >= 0.6 is 0 Å². The van der Waals surface area contributed by atoms with Gasteiger partial charge < -0.3 is 9.47 Å². The minimum absolute atomic E-state index is 0.141. The molecule has 2 aromatic carbocycles. The van der Waals surface area contributed by atoms with Crippen molar-refractivity contribution in [2.24, 2.45) is 5.92 Å². The van der Waals surface area contributed by atoms with Crippen molar-refractivity contribution in [1.82, 2.24) is 0 Å². The Hall–Kier alpha value is -2.43. The molecule has 1 fully saturated rings. The van der Waals surface area contributed by atoms with Gasteiger partial charge in [0.25, 0.3) is 0 Å². The maximum absolute atomic E-state index is 14.7. The topological polar surface area (TPSA) is 35.5 Å². The lowest BCUT2D eigenvalue weighted by Gasteiger charge is -2.29. The van der Waals surface area contributed by atoms with Crippen LogP contribution in [0.1, 0.15) is 86.6 Å². The summed E-state index contributed by atoms with van der Waals surface area (Å²) in [6, 6.07) is 8.86. The van der Waals surface area contributed by atoms with Crippen LogP contribution in [0.3, 0.4) is 0 Å². The van der Waals surface area contributed by atoms with E-state index in [1.54, 1.807) is 12.1 Å². The van der Waals surface area contributed by atoms with Crippen LogP contribution in [0.4, 0.5) is 8.78 Å². The van der Waals surface area contributed by atoms with Crippen molar-refractivity contribution < 1.29 is 23.0 Å². The standard InChI is InChI=1S/C26H32F2O3/c1-3-4-5-6-7-18-8-10-19(11-9-18)20-16-23(27)25(24(28)17-20)26(29)31-22-14-12-21(30-2)13-15-22/h12-19H,3-11H2,1-2H3. The van der Waals surface area contributed by atoms with Crippen LogP contribution in [0, 0.1) is 17.6 Å². The predicted octanol–water partition coefficient (Wildman–Crippen LogP) is 7.44. The highest BCUT2D eigenvalue weighted by Crippen LogP contribution is 2.38. The Morgan fingerprint density at radius 1 is 0.935 bits per heavy atom. The van der Waals surface area contributed by atoms with E-state index >= 15 is 0 Å². The van der Waals surface area contributed by atoms with E-state index in [1.165, 1.54) is 63.5 Å². The Labute approximate surface area is 183 Å². The molecule has 0 saturated heterocycles. The van der Waals surface area contributed by atoms with Gasteiger partial charge in [-0.1, -0.05) is 39.0 Å². The smallest absolute Gasteiger partial charge is 0.349 e. The molecule has 31 heavy (non-hydrogen) atoms. The molecule has 1 aliphatic rings. The number of carbonyl (C=O) groups is 1. The second-order valence-electron chi connectivity index (χ2n) is 8.49. The molecule has 3 nitrogen and oxygen atoms in total. The molecule has 0 unspecified atom stereocenters. The first-order chi connectivity index (χ1) is 15.0. The van der Waals surface area contributed by atoms with Gasteiger partial charge in [0.15, 0.2) is 0 Å². The highest BCUT2D eigenvalue weighted by atomic mass is 19.1. The molecule has 0 atom stereocenters. The summed E-state index contributed by atoms with van der Waals surface area (Å²) >= 11 is 0. The third kappa shape index (κ3) is 6.28. The molecule has 0 heterocycles. The lowest BCUT2D eigenvalue weighted by molar-refractivity contribution is 0.0724. The van der Waals surface area contributed by atoms with E-state index in [0.29, 0.717) is 11.3 Å². The fraction of sp³-hybridized carbons (Fsp3) is 0.500. The Kier molecular flexibility index (Phi) is 8.44. The molecule has 2 aromatic rings. The second-order valence-corrected chi connectivity index (χ2v) is 8.49. The van der Waals surface area contributed by atoms with Gasteiger partial charge in [-0.2, -0.15) is 0 Å². The highest BCUT2D eigenvalue weighted by Gasteiger charge is 2.26. The summed E-state index contributed by atoms with van der Waals surface area (Å²) in [6.45, 7) is 2.22. The van der Waals surface area contributed by atoms with Gasteiger partial charge in [-0.15, -0.1) is 0 Å². The summed E-state index contributed by atoms with van der Waals surface area (Å²) < 4.78 is 39.6. The van der Waals surface area contributed by atoms with Gasteiger partial charge in [0.05, 0.1) is 7.11 Å². The van der Waals surface area contributed by atoms with E-state index in [-0.39, 0.29) is 11.7 Å². The van der Waals surface area contributed by atoms with Crippen LogP contribution in [0.15, 0.2) is 36.4 Å². The number of unbranched alkanes of at least 4 members (excludes halogenated alkanes) is 3. The van der Waals surface area contributed by atoms with E-state index < -0.39 is 23.2 Å². The molecule has 0 bridgehead atoms. The molecular weight excluding hydrogens is 398 g/mol. The number of methoxy groups -OCH3 is 1. The van der Waals surface area contributed by atoms with Crippen molar-refractivity contribution in [2.45, 2.75) is 70.6 Å². The first kappa shape index (κ1) is 23.2. The number of esters is 1. The first-order valence-electron chi connectivity index (χ1n) is 11.4. The Bertz CT molecular complexity index is 832. The van der Waals surface area contributed by atoms with E-state index in [9.17, 15) is 13.6 Å². The molecule has 0 N–H and O–H groups in total. The number of hydrogen-bond acceptors (Lipinski definition) is 3. The number of benzene rings is 2. The minimum atomic E-state index is -1.04. The van der Waals surface area contributed by atoms with Crippen LogP contribution in [-0.2, 0) is 0 Å². The van der Waals surface area contributed by atoms with Gasteiger partial charge >= 0.3 is 5.97 Å². The van der Waals surface area contributed by atoms with Crippen LogP contribution in [0.25, 0.3) is 0 Å². The van der Waals surface area contributed by atoms with Gasteiger partial charge in [0, 0.05) is 0 Å². The quantitative estimate of drug-likeness (QED) is 0.236. The van der Waals surface area contributed by atoms with Crippen molar-refractivity contribution in [3.05, 3.63) is 59.2 Å². The molecule has 168 valence electrons. The predicted molar refractivity (Wildman–Crippen MR) is 118 cm³/mol. The average Bonchev–Trinajstić information content (AvgIpc) is 2.77. The maximum Gasteiger partial charge on any atom is 0.349 e. The van der Waals surface area contributed by atoms with Crippen LogP contribution in [0.5, 0.6) is 11.5 Å². The van der Waals surface area contributed by atoms with Crippen molar-refractivity contribution in [1.29, 1.82) is 0 Å². The molecule has 0 radical (unpaired) electrons. The van der Waals surface area contributed by atoms with Crippen molar-refractivity contribution in [2.75, 3.05) is 7.11 Å². The van der Waals surface area contributed by atoms with Crippen LogP contribution in [0.2, 0.25) is 0 Å². The van der Waals surface area contributed by atoms with Gasteiger partial charge in [-0.25, -0.2) is 13.6 Å². The zero-order chi connectivity index (χ0) is 22.2. The number of ether oxygens (including phenoxy) is 2. The zero-order valence-corrected chi connectivity index (χ0v) is 18.5. The lowest BCUT2D eigenvalue weighted by Crippen LogP contribution is -2.16. The summed E-state index contributed by atoms with van der Waals surface area (Å²) in [5, 5.41) is 0. The monoisotopic (exact) mass is 430 g/mol. The fourth-order valence-electron chi connectivity index (χ4n) is 4.47. The van der Waals surface area contributed by atoms with Crippen LogP contribution < -0.4 is 9.47 Å². The first-order valence-corrected chi connectivity index (χ1v) is 11.4. The molecular formula is C26H32F2O3. The Morgan fingerprint density at radius 3 is 2.13 bits per heavy atom. The zero-order valence-electron chi connectivity index (χ0n) is 18.5. The van der Waals surface area contributed by atoms with Crippen LogP contribution in [-0.4, -0.2) is 13.1 Å². The van der Waals surface area contributed by atoms with Gasteiger partial charge in [0.2, 0.25) is 0 Å². The van der Waals surface area contributed by atoms with E-state index in [2.05, 4.69) is 6.92 Å². The summed E-state index contributed by atoms with van der Waals surface area (Å²) in [5.41, 5.74) is -0.00962. The number of halogens is 2. The molecule has 0 aliphatic heterocycles. The summed E-state index contributed by atoms with van der Waals surface area (Å²) in [5.74, 6) is -1.11. The highest BCUT2D eigenvalue weighted by molar-refractivity contribution is 5.91. The molecule has 1 saturated carbocycles.